The van der Waals surface area contributed by atoms with Crippen LogP contribution in [0.2, 0.25) is 0 Å². The van der Waals surface area contributed by atoms with Gasteiger partial charge in [0.05, 0.1) is 5.56 Å². The van der Waals surface area contributed by atoms with E-state index < -0.39 is 23.0 Å². The Kier molecular flexibility index (Phi) is 3.24. The van der Waals surface area contributed by atoms with Gasteiger partial charge >= 0.3 is 0 Å². The minimum absolute atomic E-state index is 0.426. The van der Waals surface area contributed by atoms with Gasteiger partial charge in [0.1, 0.15) is 11.6 Å². The van der Waals surface area contributed by atoms with Crippen molar-refractivity contribution in [1.29, 1.82) is 0 Å². The van der Waals surface area contributed by atoms with Gasteiger partial charge in [-0.2, -0.15) is 0 Å². The maximum Gasteiger partial charge on any atom is 0.165 e. The maximum atomic E-state index is 13.7. The van der Waals surface area contributed by atoms with Crippen molar-refractivity contribution >= 4 is 5.78 Å². The Morgan fingerprint density at radius 1 is 0.944 bits per heavy atom. The molecular weight excluding hydrogens is 234 g/mol. The fraction of sp³-hybridized carbons (Fsp3) is 0.133. The molecule has 0 aromatic heterocycles. The average Bonchev–Trinajstić information content (AvgIpc) is 2.28. The lowest BCUT2D eigenvalue weighted by Gasteiger charge is -2.06. The maximum absolute atomic E-state index is 13.7. The van der Waals surface area contributed by atoms with Gasteiger partial charge in [0.2, 0.25) is 0 Å². The molecule has 2 rings (SSSR count). The molecule has 0 saturated carbocycles. The number of ketones is 1. The lowest BCUT2D eigenvalue weighted by Crippen LogP contribution is -2.02. The normalized spacial score (nSPS) is 10.4. The Bertz CT molecular complexity index is 577. The van der Waals surface area contributed by atoms with Crippen molar-refractivity contribution in [3.8, 4) is 11.1 Å². The highest BCUT2D eigenvalue weighted by atomic mass is 19.1. The smallest absolute Gasteiger partial charge is 0.165 e. The lowest BCUT2D eigenvalue weighted by molar-refractivity contribution is 0.101. The first-order valence-electron chi connectivity index (χ1n) is 5.56. The Labute approximate surface area is 104 Å². The first-order chi connectivity index (χ1) is 8.49. The Morgan fingerprint density at radius 3 is 1.89 bits per heavy atom. The van der Waals surface area contributed by atoms with Crippen molar-refractivity contribution in [1.82, 2.24) is 0 Å². The first-order valence-corrected chi connectivity index (χ1v) is 5.56. The molecule has 0 heterocycles. The van der Waals surface area contributed by atoms with Crippen LogP contribution in [0.1, 0.15) is 22.8 Å². The number of hydrogen-bond acceptors (Lipinski definition) is 1. The zero-order chi connectivity index (χ0) is 13.3. The predicted molar refractivity (Wildman–Crippen MR) is 66.5 cm³/mol. The van der Waals surface area contributed by atoms with E-state index in [-0.39, 0.29) is 0 Å². The zero-order valence-electron chi connectivity index (χ0n) is 10.1. The number of rotatable bonds is 2. The molecule has 3 heteroatoms. The summed E-state index contributed by atoms with van der Waals surface area (Å²) >= 11 is 0. The van der Waals surface area contributed by atoms with Crippen molar-refractivity contribution in [2.45, 2.75) is 13.8 Å². The van der Waals surface area contributed by atoms with Gasteiger partial charge in [0.25, 0.3) is 0 Å². The van der Waals surface area contributed by atoms with Crippen molar-refractivity contribution < 1.29 is 13.6 Å². The SMILES string of the molecule is CC(=O)c1c(F)cc(-c2ccc(C)cc2)cc1F. The molecule has 2 aromatic carbocycles. The molecule has 0 spiro atoms. The molecule has 1 nitrogen and oxygen atoms in total. The second kappa shape index (κ2) is 4.69. The number of Topliss-reactive ketones (excluding diaryl/α,β-unsaturated/α-hetero) is 1. The monoisotopic (exact) mass is 246 g/mol. The van der Waals surface area contributed by atoms with Gasteiger partial charge in [-0.1, -0.05) is 29.8 Å². The molecule has 0 aliphatic carbocycles. The topological polar surface area (TPSA) is 17.1 Å². The standard InChI is InChI=1S/C15H12F2O/c1-9-3-5-11(6-4-9)12-7-13(16)15(10(2)18)14(17)8-12/h3-8H,1-2H3. The highest BCUT2D eigenvalue weighted by Gasteiger charge is 2.15. The number of carbonyl (C=O) groups is 1. The van der Waals surface area contributed by atoms with Crippen LogP contribution in [0.5, 0.6) is 0 Å². The molecular formula is C15H12F2O. The van der Waals surface area contributed by atoms with E-state index in [1.54, 1.807) is 12.1 Å². The largest absolute Gasteiger partial charge is 0.294 e. The number of halogens is 2. The van der Waals surface area contributed by atoms with Crippen LogP contribution in [0.3, 0.4) is 0 Å². The summed E-state index contributed by atoms with van der Waals surface area (Å²) in [4.78, 5) is 11.1. The third-order valence-corrected chi connectivity index (χ3v) is 2.78. The summed E-state index contributed by atoms with van der Waals surface area (Å²) in [5.74, 6) is -2.25. The van der Waals surface area contributed by atoms with E-state index in [0.717, 1.165) is 12.5 Å². The van der Waals surface area contributed by atoms with E-state index in [1.807, 2.05) is 19.1 Å². The highest BCUT2D eigenvalue weighted by Crippen LogP contribution is 2.25. The summed E-state index contributed by atoms with van der Waals surface area (Å²) < 4.78 is 27.3. The predicted octanol–water partition coefficient (Wildman–Crippen LogP) is 4.14. The summed E-state index contributed by atoms with van der Waals surface area (Å²) in [7, 11) is 0. The molecule has 0 fully saturated rings. The van der Waals surface area contributed by atoms with Crippen molar-refractivity contribution in [2.75, 3.05) is 0 Å². The van der Waals surface area contributed by atoms with E-state index in [2.05, 4.69) is 0 Å². The van der Waals surface area contributed by atoms with Gasteiger partial charge in [0, 0.05) is 0 Å². The Morgan fingerprint density at radius 2 is 1.44 bits per heavy atom. The fourth-order valence-electron chi connectivity index (χ4n) is 1.82. The van der Waals surface area contributed by atoms with Gasteiger partial charge in [-0.3, -0.25) is 4.79 Å². The lowest BCUT2D eigenvalue weighted by atomic mass is 10.0. The molecule has 92 valence electrons. The van der Waals surface area contributed by atoms with Crippen LogP contribution in [0, 0.1) is 18.6 Å². The highest BCUT2D eigenvalue weighted by molar-refractivity contribution is 5.95. The molecule has 0 aliphatic heterocycles. The summed E-state index contributed by atoms with van der Waals surface area (Å²) in [6.45, 7) is 3.08. The zero-order valence-corrected chi connectivity index (χ0v) is 10.1. The van der Waals surface area contributed by atoms with E-state index in [9.17, 15) is 13.6 Å². The van der Waals surface area contributed by atoms with Crippen molar-refractivity contribution in [3.63, 3.8) is 0 Å². The molecule has 2 aromatic rings. The summed E-state index contributed by atoms with van der Waals surface area (Å²) in [6, 6.07) is 9.68. The molecule has 0 amide bonds. The molecule has 18 heavy (non-hydrogen) atoms. The minimum atomic E-state index is -0.821. The van der Waals surface area contributed by atoms with Crippen LogP contribution in [-0.2, 0) is 0 Å². The van der Waals surface area contributed by atoms with Gasteiger partial charge in [-0.25, -0.2) is 8.78 Å². The average molecular weight is 246 g/mol. The molecule has 0 saturated heterocycles. The summed E-state index contributed by atoms with van der Waals surface area (Å²) in [5.41, 5.74) is 1.73. The van der Waals surface area contributed by atoms with E-state index >= 15 is 0 Å². The van der Waals surface area contributed by atoms with Crippen LogP contribution in [0.25, 0.3) is 11.1 Å². The summed E-state index contributed by atoms with van der Waals surface area (Å²) in [6.07, 6.45) is 0. The quantitative estimate of drug-likeness (QED) is 0.728. The van der Waals surface area contributed by atoms with Gasteiger partial charge in [-0.15, -0.1) is 0 Å². The number of aryl methyl sites for hydroxylation is 1. The van der Waals surface area contributed by atoms with E-state index in [0.29, 0.717) is 11.1 Å². The minimum Gasteiger partial charge on any atom is -0.294 e. The second-order valence-corrected chi connectivity index (χ2v) is 4.24. The number of benzene rings is 2. The molecule has 0 atom stereocenters. The summed E-state index contributed by atoms with van der Waals surface area (Å²) in [5, 5.41) is 0. The third-order valence-electron chi connectivity index (χ3n) is 2.78. The molecule has 0 N–H and O–H groups in total. The first kappa shape index (κ1) is 12.4. The van der Waals surface area contributed by atoms with E-state index in [4.69, 9.17) is 0 Å². The second-order valence-electron chi connectivity index (χ2n) is 4.24. The Balaban J connectivity index is 2.54. The van der Waals surface area contributed by atoms with Crippen LogP contribution >= 0.6 is 0 Å². The Hall–Kier alpha value is -2.03. The number of carbonyl (C=O) groups excluding carboxylic acids is 1. The van der Waals surface area contributed by atoms with Crippen LogP contribution in [0.4, 0.5) is 8.78 Å². The number of hydrogen-bond donors (Lipinski definition) is 0. The van der Waals surface area contributed by atoms with Crippen LogP contribution < -0.4 is 0 Å². The van der Waals surface area contributed by atoms with Gasteiger partial charge in [-0.05, 0) is 37.1 Å². The molecule has 0 unspecified atom stereocenters. The third kappa shape index (κ3) is 2.30. The van der Waals surface area contributed by atoms with Crippen molar-refractivity contribution in [2.24, 2.45) is 0 Å². The van der Waals surface area contributed by atoms with E-state index in [1.165, 1.54) is 12.1 Å². The fourth-order valence-corrected chi connectivity index (χ4v) is 1.82. The molecule has 0 aliphatic rings. The van der Waals surface area contributed by atoms with Gasteiger partial charge < -0.3 is 0 Å². The van der Waals surface area contributed by atoms with Crippen molar-refractivity contribution in [3.05, 3.63) is 59.2 Å². The van der Waals surface area contributed by atoms with Gasteiger partial charge in [0.15, 0.2) is 5.78 Å². The molecule has 0 radical (unpaired) electrons. The molecule has 0 bridgehead atoms. The van der Waals surface area contributed by atoms with Crippen LogP contribution in [-0.4, -0.2) is 5.78 Å². The van der Waals surface area contributed by atoms with Crippen LogP contribution in [0.15, 0.2) is 36.4 Å².